The molecule has 4 heteroatoms. The molecule has 1 N–H and O–H groups in total. The lowest BCUT2D eigenvalue weighted by Gasteiger charge is -2.14. The first-order valence-corrected chi connectivity index (χ1v) is 8.09. The molecule has 1 aromatic rings. The van der Waals surface area contributed by atoms with Gasteiger partial charge in [-0.15, -0.1) is 0 Å². The zero-order valence-electron chi connectivity index (χ0n) is 12.4. The van der Waals surface area contributed by atoms with Crippen LogP contribution < -0.4 is 4.74 Å². The number of benzene rings is 1. The van der Waals surface area contributed by atoms with E-state index in [9.17, 15) is 9.90 Å². The second kappa shape index (κ2) is 11.3. The van der Waals surface area contributed by atoms with Gasteiger partial charge in [0.25, 0.3) is 0 Å². The lowest BCUT2D eigenvalue weighted by Crippen LogP contribution is -2.26. The third-order valence-corrected chi connectivity index (χ3v) is 3.57. The van der Waals surface area contributed by atoms with E-state index < -0.39 is 12.1 Å². The van der Waals surface area contributed by atoms with Crippen molar-refractivity contribution >= 4 is 23.6 Å². The number of para-hydroxylation sites is 1. The topological polar surface area (TPSA) is 46.5 Å². The van der Waals surface area contributed by atoms with Crippen LogP contribution in [0.5, 0.6) is 5.75 Å². The summed E-state index contributed by atoms with van der Waals surface area (Å²) in [6, 6.07) is 9.13. The molecule has 0 aliphatic heterocycles. The molecule has 0 amide bonds. The molecule has 0 fully saturated rings. The van der Waals surface area contributed by atoms with Crippen molar-refractivity contribution < 1.29 is 14.6 Å². The third kappa shape index (κ3) is 8.45. The lowest BCUT2D eigenvalue weighted by atomic mass is 10.1. The molecule has 0 aromatic heterocycles. The molecule has 0 spiro atoms. The average molecular weight is 308 g/mol. The molecule has 1 unspecified atom stereocenters. The van der Waals surface area contributed by atoms with E-state index in [2.05, 4.69) is 0 Å². The number of rotatable bonds is 12. The maximum Gasteiger partial charge on any atom is 0.344 e. The van der Waals surface area contributed by atoms with Gasteiger partial charge in [-0.2, -0.15) is 0 Å². The summed E-state index contributed by atoms with van der Waals surface area (Å²) in [5.41, 5.74) is 0. The molecule has 0 aliphatic carbocycles. The highest BCUT2D eigenvalue weighted by molar-refractivity contribution is 7.78. The van der Waals surface area contributed by atoms with Gasteiger partial charge in [-0.3, -0.25) is 0 Å². The van der Waals surface area contributed by atoms with E-state index in [1.165, 1.54) is 19.3 Å². The summed E-state index contributed by atoms with van der Waals surface area (Å²) in [6.45, 7) is 0. The fourth-order valence-electron chi connectivity index (χ4n) is 2.16. The van der Waals surface area contributed by atoms with Crippen molar-refractivity contribution in [1.29, 1.82) is 0 Å². The Balaban J connectivity index is 2.17. The van der Waals surface area contributed by atoms with Crippen LogP contribution in [-0.2, 0) is 4.79 Å². The van der Waals surface area contributed by atoms with E-state index >= 15 is 0 Å². The van der Waals surface area contributed by atoms with E-state index in [1.54, 1.807) is 17.5 Å². The quantitative estimate of drug-likeness (QED) is 0.451. The largest absolute Gasteiger partial charge is 0.479 e. The molecule has 0 heterocycles. The van der Waals surface area contributed by atoms with Crippen molar-refractivity contribution in [2.24, 2.45) is 0 Å². The van der Waals surface area contributed by atoms with E-state index in [0.29, 0.717) is 12.2 Å². The SMILES string of the molecule is O=C(O)C(CCCCCCCCC=S)Oc1ccccc1. The van der Waals surface area contributed by atoms with Gasteiger partial charge in [0.2, 0.25) is 0 Å². The maximum atomic E-state index is 11.2. The summed E-state index contributed by atoms with van der Waals surface area (Å²) in [5, 5.41) is 11.0. The van der Waals surface area contributed by atoms with Gasteiger partial charge in [0, 0.05) is 0 Å². The van der Waals surface area contributed by atoms with Crippen molar-refractivity contribution in [3.8, 4) is 5.75 Å². The normalized spacial score (nSPS) is 11.8. The van der Waals surface area contributed by atoms with Crippen molar-refractivity contribution in [3.05, 3.63) is 30.3 Å². The first-order valence-electron chi connectivity index (χ1n) is 7.62. The van der Waals surface area contributed by atoms with E-state index in [1.807, 2.05) is 18.2 Å². The summed E-state index contributed by atoms with van der Waals surface area (Å²) >= 11 is 4.78. The van der Waals surface area contributed by atoms with Crippen LogP contribution in [0.1, 0.15) is 51.4 Å². The fraction of sp³-hybridized carbons (Fsp3) is 0.529. The monoisotopic (exact) mass is 308 g/mol. The minimum Gasteiger partial charge on any atom is -0.479 e. The van der Waals surface area contributed by atoms with Crippen LogP contribution in [0.25, 0.3) is 0 Å². The second-order valence-corrected chi connectivity index (χ2v) is 5.46. The number of ether oxygens (including phenoxy) is 1. The molecule has 1 rings (SSSR count). The number of carboxylic acids is 1. The molecule has 116 valence electrons. The smallest absolute Gasteiger partial charge is 0.344 e. The van der Waals surface area contributed by atoms with Gasteiger partial charge >= 0.3 is 5.97 Å². The van der Waals surface area contributed by atoms with Gasteiger partial charge in [0.05, 0.1) is 0 Å². The summed E-state index contributed by atoms with van der Waals surface area (Å²) in [7, 11) is 0. The number of hydrogen-bond acceptors (Lipinski definition) is 3. The first kappa shape index (κ1) is 17.6. The fourth-order valence-corrected chi connectivity index (χ4v) is 2.33. The Morgan fingerprint density at radius 3 is 2.33 bits per heavy atom. The second-order valence-electron chi connectivity index (χ2n) is 5.12. The average Bonchev–Trinajstić information content (AvgIpc) is 2.49. The standard InChI is InChI=1S/C17H24O3S/c18-17(19)16(20-15-11-7-6-8-12-15)13-9-4-2-1-3-5-10-14-21/h6-8,11-12,14,16H,1-5,9-10,13H2,(H,18,19). The molecule has 0 bridgehead atoms. The molecule has 0 radical (unpaired) electrons. The molecule has 3 nitrogen and oxygen atoms in total. The highest BCUT2D eigenvalue weighted by Gasteiger charge is 2.18. The molecule has 0 aliphatic rings. The highest BCUT2D eigenvalue weighted by atomic mass is 32.1. The minimum atomic E-state index is -0.889. The van der Waals surface area contributed by atoms with Gasteiger partial charge < -0.3 is 9.84 Å². The summed E-state index contributed by atoms with van der Waals surface area (Å²) in [5.74, 6) is -0.273. The van der Waals surface area contributed by atoms with Crippen LogP contribution in [0.3, 0.4) is 0 Å². The molecule has 1 atom stereocenters. The van der Waals surface area contributed by atoms with Gasteiger partial charge in [-0.25, -0.2) is 4.79 Å². The number of hydrogen-bond donors (Lipinski definition) is 1. The minimum absolute atomic E-state index is 0.560. The Bertz CT molecular complexity index is 406. The van der Waals surface area contributed by atoms with Crippen LogP contribution in [0.15, 0.2) is 30.3 Å². The molecule has 0 saturated carbocycles. The molecular formula is C17H24O3S. The number of carboxylic acid groups (broad SMARTS) is 1. The maximum absolute atomic E-state index is 11.2. The Labute approximate surface area is 132 Å². The Kier molecular flexibility index (Phi) is 9.46. The number of thiocarbonyl (C=S) groups is 1. The third-order valence-electron chi connectivity index (χ3n) is 3.34. The molecule has 1 aromatic carbocycles. The predicted molar refractivity (Wildman–Crippen MR) is 89.1 cm³/mol. The predicted octanol–water partition coefficient (Wildman–Crippen LogP) is 4.64. The summed E-state index contributed by atoms with van der Waals surface area (Å²) in [4.78, 5) is 11.2. The van der Waals surface area contributed by atoms with Crippen LogP contribution in [0.2, 0.25) is 0 Å². The van der Waals surface area contributed by atoms with Crippen LogP contribution in [0.4, 0.5) is 0 Å². The Morgan fingerprint density at radius 1 is 1.10 bits per heavy atom. The number of aliphatic carboxylic acids is 1. The number of unbranched alkanes of at least 4 members (excludes halogenated alkanes) is 6. The summed E-state index contributed by atoms with van der Waals surface area (Å²) < 4.78 is 5.52. The van der Waals surface area contributed by atoms with Crippen molar-refractivity contribution in [3.63, 3.8) is 0 Å². The van der Waals surface area contributed by atoms with Gasteiger partial charge in [-0.1, -0.05) is 56.1 Å². The zero-order chi connectivity index (χ0) is 15.3. The van der Waals surface area contributed by atoms with Crippen molar-refractivity contribution in [2.45, 2.75) is 57.5 Å². The molecule has 21 heavy (non-hydrogen) atoms. The highest BCUT2D eigenvalue weighted by Crippen LogP contribution is 2.16. The van der Waals surface area contributed by atoms with Crippen molar-refractivity contribution in [2.75, 3.05) is 0 Å². The van der Waals surface area contributed by atoms with Crippen LogP contribution in [-0.4, -0.2) is 22.5 Å². The summed E-state index contributed by atoms with van der Waals surface area (Å²) in [6.07, 6.45) is 7.48. The lowest BCUT2D eigenvalue weighted by molar-refractivity contribution is -0.145. The molecular weight excluding hydrogens is 284 g/mol. The van der Waals surface area contributed by atoms with Crippen LogP contribution in [0, 0.1) is 0 Å². The van der Waals surface area contributed by atoms with E-state index in [4.69, 9.17) is 17.0 Å². The van der Waals surface area contributed by atoms with Gasteiger partial charge in [0.1, 0.15) is 5.75 Å². The zero-order valence-corrected chi connectivity index (χ0v) is 13.2. The first-order chi connectivity index (χ1) is 10.2. The van der Waals surface area contributed by atoms with E-state index in [-0.39, 0.29) is 0 Å². The van der Waals surface area contributed by atoms with Crippen LogP contribution >= 0.6 is 12.2 Å². The van der Waals surface area contributed by atoms with Gasteiger partial charge in [0.15, 0.2) is 6.10 Å². The Morgan fingerprint density at radius 2 is 1.71 bits per heavy atom. The van der Waals surface area contributed by atoms with E-state index in [0.717, 1.165) is 25.7 Å². The molecule has 0 saturated heterocycles. The van der Waals surface area contributed by atoms with Gasteiger partial charge in [-0.05, 0) is 43.2 Å². The van der Waals surface area contributed by atoms with Crippen molar-refractivity contribution in [1.82, 2.24) is 0 Å². The Hall–Kier alpha value is -1.42. The number of carbonyl (C=O) groups is 1.